The molecule has 0 amide bonds. The Bertz CT molecular complexity index is 327. The van der Waals surface area contributed by atoms with Gasteiger partial charge in [0.05, 0.1) is 19.4 Å². The predicted molar refractivity (Wildman–Crippen MR) is 61.4 cm³/mol. The number of pyridine rings is 1. The van der Waals surface area contributed by atoms with Crippen LogP contribution in [0.3, 0.4) is 0 Å². The molecule has 2 N–H and O–H groups in total. The van der Waals surface area contributed by atoms with Crippen LogP contribution in [0.1, 0.15) is 32.3 Å². The molecule has 0 saturated heterocycles. The van der Waals surface area contributed by atoms with E-state index in [2.05, 4.69) is 4.98 Å². The summed E-state index contributed by atoms with van der Waals surface area (Å²) in [6.45, 7) is 4.91. The normalized spacial score (nSPS) is 11.8. The Hall–Kier alpha value is -1.00. The van der Waals surface area contributed by atoms with Crippen molar-refractivity contribution in [2.24, 2.45) is 5.73 Å². The second-order valence-corrected chi connectivity index (χ2v) is 4.07. The number of nitrogens with two attached hydrogens (primary N) is 1. The Morgan fingerprint density at radius 2 is 2.06 bits per heavy atom. The summed E-state index contributed by atoms with van der Waals surface area (Å²) in [5, 5.41) is 0. The fourth-order valence-corrected chi connectivity index (χ4v) is 1.36. The van der Waals surface area contributed by atoms with E-state index in [1.165, 1.54) is 12.3 Å². The molecule has 0 atom stereocenters. The minimum absolute atomic E-state index is 0.277. The van der Waals surface area contributed by atoms with E-state index >= 15 is 0 Å². The van der Waals surface area contributed by atoms with Gasteiger partial charge in [0.15, 0.2) is 0 Å². The number of ether oxygens (including phenoxy) is 1. The third-order valence-corrected chi connectivity index (χ3v) is 2.83. The molecule has 0 aliphatic carbocycles. The maximum atomic E-state index is 12.8. The minimum atomic E-state index is -0.342. The zero-order chi connectivity index (χ0) is 12.0. The van der Waals surface area contributed by atoms with Gasteiger partial charge in [-0.3, -0.25) is 4.98 Å². The van der Waals surface area contributed by atoms with Crippen LogP contribution in [0.15, 0.2) is 18.5 Å². The van der Waals surface area contributed by atoms with Crippen LogP contribution >= 0.6 is 0 Å². The molecule has 0 aliphatic rings. The van der Waals surface area contributed by atoms with Crippen molar-refractivity contribution in [2.45, 2.75) is 38.8 Å². The number of rotatable bonds is 6. The fraction of sp³-hybridized carbons (Fsp3) is 0.583. The molecule has 0 aliphatic heterocycles. The fourth-order valence-electron chi connectivity index (χ4n) is 1.36. The van der Waals surface area contributed by atoms with Gasteiger partial charge in [-0.25, -0.2) is 4.39 Å². The van der Waals surface area contributed by atoms with E-state index in [-0.39, 0.29) is 11.4 Å². The molecular formula is C12H19FN2O. The number of nitrogens with zero attached hydrogens (tertiary/aromatic N) is 1. The largest absolute Gasteiger partial charge is 0.375 e. The number of hydrogen-bond acceptors (Lipinski definition) is 3. The second-order valence-electron chi connectivity index (χ2n) is 4.07. The molecule has 1 heterocycles. The Balaban J connectivity index is 2.41. The first-order valence-corrected chi connectivity index (χ1v) is 5.55. The SMILES string of the molecule is CCC(N)(CC)COCc1cncc(F)c1. The number of halogens is 1. The van der Waals surface area contributed by atoms with E-state index in [1.54, 1.807) is 6.20 Å². The monoisotopic (exact) mass is 226 g/mol. The van der Waals surface area contributed by atoms with Crippen molar-refractivity contribution in [2.75, 3.05) is 6.61 Å². The quantitative estimate of drug-likeness (QED) is 0.809. The van der Waals surface area contributed by atoms with Crippen LogP contribution in [0.2, 0.25) is 0 Å². The Labute approximate surface area is 95.8 Å². The lowest BCUT2D eigenvalue weighted by molar-refractivity contribution is 0.0693. The molecule has 3 nitrogen and oxygen atoms in total. The van der Waals surface area contributed by atoms with Crippen LogP contribution in [0.5, 0.6) is 0 Å². The lowest BCUT2D eigenvalue weighted by atomic mass is 9.96. The van der Waals surface area contributed by atoms with Crippen LogP contribution in [0, 0.1) is 5.82 Å². The van der Waals surface area contributed by atoms with Crippen LogP contribution in [-0.4, -0.2) is 17.1 Å². The van der Waals surface area contributed by atoms with Gasteiger partial charge in [-0.2, -0.15) is 0 Å². The number of hydrogen-bond donors (Lipinski definition) is 1. The molecule has 4 heteroatoms. The summed E-state index contributed by atoms with van der Waals surface area (Å²) in [6, 6.07) is 1.42. The van der Waals surface area contributed by atoms with Crippen LogP contribution in [0.25, 0.3) is 0 Å². The van der Waals surface area contributed by atoms with Crippen molar-refractivity contribution < 1.29 is 9.13 Å². The standard InChI is InChI=1S/C12H19FN2O/c1-3-12(14,4-2)9-16-8-10-5-11(13)7-15-6-10/h5-7H,3-4,8-9,14H2,1-2H3. The molecule has 0 radical (unpaired) electrons. The molecule has 0 bridgehead atoms. The molecule has 0 spiro atoms. The molecular weight excluding hydrogens is 207 g/mol. The Morgan fingerprint density at radius 3 is 2.62 bits per heavy atom. The molecule has 0 fully saturated rings. The van der Waals surface area contributed by atoms with Gasteiger partial charge in [0.2, 0.25) is 0 Å². The maximum Gasteiger partial charge on any atom is 0.141 e. The summed E-state index contributed by atoms with van der Waals surface area (Å²) < 4.78 is 18.3. The van der Waals surface area contributed by atoms with E-state index in [0.717, 1.165) is 18.4 Å². The maximum absolute atomic E-state index is 12.8. The van der Waals surface area contributed by atoms with E-state index in [0.29, 0.717) is 13.2 Å². The summed E-state index contributed by atoms with van der Waals surface area (Å²) in [6.07, 6.45) is 4.50. The highest BCUT2D eigenvalue weighted by Gasteiger charge is 2.20. The molecule has 0 unspecified atom stereocenters. The Morgan fingerprint density at radius 1 is 1.38 bits per heavy atom. The van der Waals surface area contributed by atoms with Gasteiger partial charge in [-0.15, -0.1) is 0 Å². The van der Waals surface area contributed by atoms with Gasteiger partial charge >= 0.3 is 0 Å². The topological polar surface area (TPSA) is 48.1 Å². The number of aromatic nitrogens is 1. The first kappa shape index (κ1) is 13.1. The Kier molecular flexibility index (Phi) is 4.83. The van der Waals surface area contributed by atoms with Crippen molar-refractivity contribution >= 4 is 0 Å². The van der Waals surface area contributed by atoms with Crippen LogP contribution in [-0.2, 0) is 11.3 Å². The average Bonchev–Trinajstić information content (AvgIpc) is 2.29. The van der Waals surface area contributed by atoms with Crippen molar-refractivity contribution in [3.05, 3.63) is 29.8 Å². The van der Waals surface area contributed by atoms with Gasteiger partial charge < -0.3 is 10.5 Å². The predicted octanol–water partition coefficient (Wildman–Crippen LogP) is 2.25. The van der Waals surface area contributed by atoms with E-state index in [4.69, 9.17) is 10.5 Å². The summed E-state index contributed by atoms with van der Waals surface area (Å²) in [5.74, 6) is -0.342. The molecule has 1 aromatic rings. The highest BCUT2D eigenvalue weighted by Crippen LogP contribution is 2.12. The van der Waals surface area contributed by atoms with Gasteiger partial charge in [-0.1, -0.05) is 13.8 Å². The molecule has 1 aromatic heterocycles. The first-order chi connectivity index (χ1) is 7.59. The van der Waals surface area contributed by atoms with Crippen molar-refractivity contribution in [3.63, 3.8) is 0 Å². The highest BCUT2D eigenvalue weighted by atomic mass is 19.1. The van der Waals surface area contributed by atoms with Gasteiger partial charge in [0, 0.05) is 11.7 Å². The second kappa shape index (κ2) is 5.92. The highest BCUT2D eigenvalue weighted by molar-refractivity contribution is 5.08. The molecule has 90 valence electrons. The zero-order valence-electron chi connectivity index (χ0n) is 9.87. The average molecular weight is 226 g/mol. The van der Waals surface area contributed by atoms with Crippen LogP contribution < -0.4 is 5.73 Å². The van der Waals surface area contributed by atoms with E-state index < -0.39 is 0 Å². The minimum Gasteiger partial charge on any atom is -0.375 e. The third-order valence-electron chi connectivity index (χ3n) is 2.83. The van der Waals surface area contributed by atoms with Crippen molar-refractivity contribution in [1.82, 2.24) is 4.98 Å². The smallest absolute Gasteiger partial charge is 0.141 e. The lowest BCUT2D eigenvalue weighted by Gasteiger charge is -2.26. The molecule has 16 heavy (non-hydrogen) atoms. The summed E-state index contributed by atoms with van der Waals surface area (Å²) >= 11 is 0. The lowest BCUT2D eigenvalue weighted by Crippen LogP contribution is -2.43. The van der Waals surface area contributed by atoms with Crippen LogP contribution in [0.4, 0.5) is 4.39 Å². The van der Waals surface area contributed by atoms with Gasteiger partial charge in [0.25, 0.3) is 0 Å². The van der Waals surface area contributed by atoms with E-state index in [9.17, 15) is 4.39 Å². The van der Waals surface area contributed by atoms with E-state index in [1.807, 2.05) is 13.8 Å². The van der Waals surface area contributed by atoms with Crippen molar-refractivity contribution in [1.29, 1.82) is 0 Å². The zero-order valence-corrected chi connectivity index (χ0v) is 9.87. The van der Waals surface area contributed by atoms with Gasteiger partial charge in [-0.05, 0) is 24.5 Å². The van der Waals surface area contributed by atoms with Crippen molar-refractivity contribution in [3.8, 4) is 0 Å². The molecule has 1 rings (SSSR count). The third kappa shape index (κ3) is 3.87. The molecule has 0 aromatic carbocycles. The molecule has 0 saturated carbocycles. The van der Waals surface area contributed by atoms with Gasteiger partial charge in [0.1, 0.15) is 5.82 Å². The summed E-state index contributed by atoms with van der Waals surface area (Å²) in [5.41, 5.74) is 6.53. The summed E-state index contributed by atoms with van der Waals surface area (Å²) in [7, 11) is 0. The summed E-state index contributed by atoms with van der Waals surface area (Å²) in [4.78, 5) is 3.75. The first-order valence-electron chi connectivity index (χ1n) is 5.55.